The largest absolute Gasteiger partial charge is 0.497 e. The number of nitrogens with one attached hydrogen (secondary N) is 2. The Labute approximate surface area is 189 Å². The van der Waals surface area contributed by atoms with Crippen LogP contribution in [0.4, 0.5) is 5.69 Å². The summed E-state index contributed by atoms with van der Waals surface area (Å²) in [6, 6.07) is 15.3. The Kier molecular flexibility index (Phi) is 6.13. The van der Waals surface area contributed by atoms with Gasteiger partial charge >= 0.3 is 0 Å². The molecule has 0 atom stereocenters. The highest BCUT2D eigenvalue weighted by Crippen LogP contribution is 2.26. The van der Waals surface area contributed by atoms with E-state index < -0.39 is 0 Å². The molecule has 1 amide bonds. The molecular weight excluding hydrogens is 426 g/mol. The number of aromatic amines is 1. The third-order valence-corrected chi connectivity index (χ3v) is 5.80. The lowest BCUT2D eigenvalue weighted by Crippen LogP contribution is -2.17. The standard InChI is InChI=1S/C22H23N7O2S/c1-13-4-9-17(14(2)10-13)24-20(30)12-32-22-28-27-21(29(22)23)19-11-18(25-26-19)15-5-7-16(31-3)8-6-15/h4-11H,12,23H2,1-3H3,(H,24,30)(H,25,26). The molecule has 0 saturated carbocycles. The number of ether oxygens (including phenoxy) is 1. The van der Waals surface area contributed by atoms with Crippen molar-refractivity contribution in [3.8, 4) is 28.5 Å². The molecule has 0 radical (unpaired) electrons. The molecule has 0 aliphatic rings. The quantitative estimate of drug-likeness (QED) is 0.292. The van der Waals surface area contributed by atoms with Crippen LogP contribution in [0.25, 0.3) is 22.8 Å². The van der Waals surface area contributed by atoms with Crippen molar-refractivity contribution in [2.45, 2.75) is 19.0 Å². The number of thioether (sulfide) groups is 1. The summed E-state index contributed by atoms with van der Waals surface area (Å²) in [6.07, 6.45) is 0. The molecule has 2 heterocycles. The Morgan fingerprint density at radius 1 is 1.16 bits per heavy atom. The second-order valence-electron chi connectivity index (χ2n) is 7.23. The molecule has 0 aliphatic carbocycles. The number of nitrogens with zero attached hydrogens (tertiary/aromatic N) is 4. The third-order valence-electron chi connectivity index (χ3n) is 4.86. The maximum absolute atomic E-state index is 12.4. The Bertz CT molecular complexity index is 1250. The number of rotatable bonds is 7. The minimum atomic E-state index is -0.144. The van der Waals surface area contributed by atoms with Gasteiger partial charge in [-0.1, -0.05) is 29.5 Å². The zero-order valence-electron chi connectivity index (χ0n) is 17.9. The molecule has 4 aromatic rings. The zero-order chi connectivity index (χ0) is 22.7. The first-order valence-electron chi connectivity index (χ1n) is 9.85. The number of aromatic nitrogens is 5. The van der Waals surface area contributed by atoms with E-state index in [0.29, 0.717) is 16.7 Å². The lowest BCUT2D eigenvalue weighted by atomic mass is 10.1. The van der Waals surface area contributed by atoms with Crippen molar-refractivity contribution >= 4 is 23.4 Å². The first-order valence-corrected chi connectivity index (χ1v) is 10.8. The van der Waals surface area contributed by atoms with Gasteiger partial charge in [0.2, 0.25) is 16.9 Å². The average molecular weight is 450 g/mol. The summed E-state index contributed by atoms with van der Waals surface area (Å²) in [7, 11) is 1.62. The highest BCUT2D eigenvalue weighted by Gasteiger charge is 2.16. The van der Waals surface area contributed by atoms with Gasteiger partial charge in [-0.25, -0.2) is 4.68 Å². The number of hydrogen-bond donors (Lipinski definition) is 3. The summed E-state index contributed by atoms with van der Waals surface area (Å²) < 4.78 is 6.53. The molecule has 4 rings (SSSR count). The van der Waals surface area contributed by atoms with Crippen LogP contribution in [-0.4, -0.2) is 43.8 Å². The van der Waals surface area contributed by atoms with E-state index in [2.05, 4.69) is 25.7 Å². The number of H-pyrrole nitrogens is 1. The zero-order valence-corrected chi connectivity index (χ0v) is 18.7. The average Bonchev–Trinajstić information content (AvgIpc) is 3.41. The van der Waals surface area contributed by atoms with Crippen LogP contribution in [0.15, 0.2) is 53.7 Å². The fourth-order valence-corrected chi connectivity index (χ4v) is 3.83. The third kappa shape index (κ3) is 4.59. The highest BCUT2D eigenvalue weighted by molar-refractivity contribution is 7.99. The molecule has 9 nitrogen and oxygen atoms in total. The monoisotopic (exact) mass is 449 g/mol. The molecule has 164 valence electrons. The van der Waals surface area contributed by atoms with E-state index in [0.717, 1.165) is 33.8 Å². The van der Waals surface area contributed by atoms with E-state index in [9.17, 15) is 4.79 Å². The molecule has 32 heavy (non-hydrogen) atoms. The number of carbonyl (C=O) groups excluding carboxylic acids is 1. The molecule has 2 aromatic carbocycles. The van der Waals surface area contributed by atoms with Crippen molar-refractivity contribution in [1.82, 2.24) is 25.1 Å². The Hall–Kier alpha value is -3.79. The summed E-state index contributed by atoms with van der Waals surface area (Å²) in [4.78, 5) is 12.4. The molecule has 0 saturated heterocycles. The number of nitrogens with two attached hydrogens (primary N) is 1. The normalized spacial score (nSPS) is 10.8. The number of nitrogen functional groups attached to an aromatic ring is 1. The second-order valence-corrected chi connectivity index (χ2v) is 8.17. The molecular formula is C22H23N7O2S. The molecule has 0 aliphatic heterocycles. The van der Waals surface area contributed by atoms with Crippen molar-refractivity contribution in [3.05, 3.63) is 59.7 Å². The van der Waals surface area contributed by atoms with Gasteiger partial charge in [0.25, 0.3) is 0 Å². The maximum Gasteiger partial charge on any atom is 0.234 e. The van der Waals surface area contributed by atoms with Crippen LogP contribution in [0.1, 0.15) is 11.1 Å². The first kappa shape index (κ1) is 21.4. The summed E-state index contributed by atoms with van der Waals surface area (Å²) in [6.45, 7) is 3.98. The fraction of sp³-hybridized carbons (Fsp3) is 0.182. The van der Waals surface area contributed by atoms with Crippen molar-refractivity contribution in [2.75, 3.05) is 24.0 Å². The van der Waals surface area contributed by atoms with Crippen LogP contribution >= 0.6 is 11.8 Å². The van der Waals surface area contributed by atoms with Crippen molar-refractivity contribution in [3.63, 3.8) is 0 Å². The lowest BCUT2D eigenvalue weighted by molar-refractivity contribution is -0.113. The second kappa shape index (κ2) is 9.15. The Balaban J connectivity index is 1.42. The number of anilines is 1. The number of carbonyl (C=O) groups is 1. The topological polar surface area (TPSA) is 124 Å². The van der Waals surface area contributed by atoms with Crippen LogP contribution in [0.3, 0.4) is 0 Å². The van der Waals surface area contributed by atoms with Crippen LogP contribution in [-0.2, 0) is 4.79 Å². The fourth-order valence-electron chi connectivity index (χ4n) is 3.18. The number of benzene rings is 2. The summed E-state index contributed by atoms with van der Waals surface area (Å²) in [5.74, 6) is 7.39. The summed E-state index contributed by atoms with van der Waals surface area (Å²) >= 11 is 1.21. The number of amides is 1. The molecule has 2 aromatic heterocycles. The SMILES string of the molecule is COc1ccc(-c2cc(-c3nnc(SCC(=O)Nc4ccc(C)cc4C)n3N)[nH]n2)cc1. The van der Waals surface area contributed by atoms with Crippen LogP contribution < -0.4 is 15.9 Å². The van der Waals surface area contributed by atoms with Gasteiger partial charge in [-0.15, -0.1) is 10.2 Å². The molecule has 4 N–H and O–H groups in total. The van der Waals surface area contributed by atoms with E-state index in [1.54, 1.807) is 7.11 Å². The minimum absolute atomic E-state index is 0.144. The van der Waals surface area contributed by atoms with E-state index in [4.69, 9.17) is 10.6 Å². The van der Waals surface area contributed by atoms with Gasteiger partial charge < -0.3 is 15.9 Å². The van der Waals surface area contributed by atoms with Gasteiger partial charge in [0.05, 0.1) is 18.6 Å². The van der Waals surface area contributed by atoms with E-state index in [1.165, 1.54) is 16.4 Å². The van der Waals surface area contributed by atoms with Gasteiger partial charge in [-0.05, 0) is 55.8 Å². The predicted octanol–water partition coefficient (Wildman–Crippen LogP) is 3.41. The molecule has 0 bridgehead atoms. The van der Waals surface area contributed by atoms with Gasteiger partial charge in [0.1, 0.15) is 11.4 Å². The van der Waals surface area contributed by atoms with E-state index >= 15 is 0 Å². The minimum Gasteiger partial charge on any atom is -0.497 e. The highest BCUT2D eigenvalue weighted by atomic mass is 32.2. The van der Waals surface area contributed by atoms with E-state index in [-0.39, 0.29) is 11.7 Å². The number of aryl methyl sites for hydroxylation is 2. The van der Waals surface area contributed by atoms with Gasteiger partial charge in [-0.3, -0.25) is 9.89 Å². The first-order chi connectivity index (χ1) is 15.4. The summed E-state index contributed by atoms with van der Waals surface area (Å²) in [5, 5.41) is 18.9. The lowest BCUT2D eigenvalue weighted by Gasteiger charge is -2.08. The molecule has 0 spiro atoms. The smallest absolute Gasteiger partial charge is 0.234 e. The van der Waals surface area contributed by atoms with Crippen molar-refractivity contribution in [1.29, 1.82) is 0 Å². The maximum atomic E-state index is 12.4. The van der Waals surface area contributed by atoms with Crippen LogP contribution in [0.2, 0.25) is 0 Å². The Morgan fingerprint density at radius 3 is 2.66 bits per heavy atom. The van der Waals surface area contributed by atoms with Gasteiger partial charge in [-0.2, -0.15) is 5.10 Å². The van der Waals surface area contributed by atoms with Gasteiger partial charge in [0.15, 0.2) is 0 Å². The summed E-state index contributed by atoms with van der Waals surface area (Å²) in [5.41, 5.74) is 5.24. The number of hydrogen-bond acceptors (Lipinski definition) is 7. The van der Waals surface area contributed by atoms with E-state index in [1.807, 2.05) is 62.4 Å². The number of methoxy groups -OCH3 is 1. The van der Waals surface area contributed by atoms with Crippen molar-refractivity contribution in [2.24, 2.45) is 0 Å². The van der Waals surface area contributed by atoms with Crippen LogP contribution in [0.5, 0.6) is 5.75 Å². The Morgan fingerprint density at radius 2 is 1.94 bits per heavy atom. The molecule has 0 fully saturated rings. The van der Waals surface area contributed by atoms with Crippen molar-refractivity contribution < 1.29 is 9.53 Å². The van der Waals surface area contributed by atoms with Gasteiger partial charge in [0, 0.05) is 11.3 Å². The predicted molar refractivity (Wildman–Crippen MR) is 125 cm³/mol. The molecule has 0 unspecified atom stereocenters. The molecule has 10 heteroatoms. The van der Waals surface area contributed by atoms with Crippen LogP contribution in [0, 0.1) is 13.8 Å².